The minimum Gasteiger partial charge on any atom is -0.376 e. The molecule has 0 bridgehead atoms. The van der Waals surface area contributed by atoms with E-state index in [0.717, 1.165) is 16.6 Å². The summed E-state index contributed by atoms with van der Waals surface area (Å²) in [6, 6.07) is 7.77. The molecule has 1 aromatic heterocycles. The number of amides is 1. The van der Waals surface area contributed by atoms with Crippen molar-refractivity contribution in [3.63, 3.8) is 0 Å². The van der Waals surface area contributed by atoms with Crippen molar-refractivity contribution in [3.05, 3.63) is 46.7 Å². The van der Waals surface area contributed by atoms with Gasteiger partial charge < -0.3 is 10.1 Å². The topological polar surface area (TPSA) is 56.1 Å². The van der Waals surface area contributed by atoms with Gasteiger partial charge in [0.1, 0.15) is 0 Å². The third kappa shape index (κ3) is 4.92. The van der Waals surface area contributed by atoms with E-state index < -0.39 is 0 Å². The number of aromatic nitrogens is 2. The predicted molar refractivity (Wildman–Crippen MR) is 101 cm³/mol. The van der Waals surface area contributed by atoms with Gasteiger partial charge in [-0.2, -0.15) is 5.10 Å². The van der Waals surface area contributed by atoms with Gasteiger partial charge in [0.05, 0.1) is 30.2 Å². The second-order valence-electron chi connectivity index (χ2n) is 6.58. The van der Waals surface area contributed by atoms with Crippen molar-refractivity contribution in [1.29, 1.82) is 0 Å². The highest BCUT2D eigenvalue weighted by molar-refractivity contribution is 9.10. The molecule has 1 N–H and O–H groups in total. The summed E-state index contributed by atoms with van der Waals surface area (Å²) in [5.74, 6) is 0.497. The zero-order valence-electron chi connectivity index (χ0n) is 14.5. The van der Waals surface area contributed by atoms with Crippen molar-refractivity contribution in [1.82, 2.24) is 15.1 Å². The Bertz CT molecular complexity index is 699. The molecule has 134 valence electrons. The van der Waals surface area contributed by atoms with Crippen LogP contribution in [0.1, 0.15) is 43.0 Å². The molecular weight excluding hydrogens is 382 g/mol. The number of carbonyl (C=O) groups is 1. The van der Waals surface area contributed by atoms with Gasteiger partial charge in [0, 0.05) is 17.2 Å². The van der Waals surface area contributed by atoms with E-state index >= 15 is 0 Å². The van der Waals surface area contributed by atoms with E-state index in [2.05, 4.69) is 33.3 Å². The third-order valence-electron chi connectivity index (χ3n) is 4.69. The second kappa shape index (κ2) is 8.63. The molecule has 6 heteroatoms. The van der Waals surface area contributed by atoms with Gasteiger partial charge in [-0.05, 0) is 43.0 Å². The molecule has 25 heavy (non-hydrogen) atoms. The summed E-state index contributed by atoms with van der Waals surface area (Å²) in [6.07, 6.45) is 8.59. The Labute approximate surface area is 156 Å². The summed E-state index contributed by atoms with van der Waals surface area (Å²) in [5.41, 5.74) is 1.46. The fraction of sp³-hybridized carbons (Fsp3) is 0.474. The van der Waals surface area contributed by atoms with Gasteiger partial charge in [-0.3, -0.25) is 4.79 Å². The second-order valence-corrected chi connectivity index (χ2v) is 7.49. The first-order valence-corrected chi connectivity index (χ1v) is 9.63. The highest BCUT2D eigenvalue weighted by atomic mass is 79.9. The zero-order chi connectivity index (χ0) is 17.6. The quantitative estimate of drug-likeness (QED) is 0.739. The molecule has 1 amide bonds. The molecule has 3 rings (SSSR count). The summed E-state index contributed by atoms with van der Waals surface area (Å²) in [5, 5.41) is 7.16. The van der Waals surface area contributed by atoms with Crippen molar-refractivity contribution >= 4 is 21.8 Å². The largest absolute Gasteiger partial charge is 0.376 e. The van der Waals surface area contributed by atoms with Crippen molar-refractivity contribution in [3.8, 4) is 5.69 Å². The third-order valence-corrected chi connectivity index (χ3v) is 5.22. The van der Waals surface area contributed by atoms with Crippen LogP contribution < -0.4 is 5.32 Å². The minimum absolute atomic E-state index is 0.122. The van der Waals surface area contributed by atoms with Crippen LogP contribution in [0.25, 0.3) is 5.69 Å². The van der Waals surface area contributed by atoms with Gasteiger partial charge in [-0.1, -0.05) is 35.7 Å². The van der Waals surface area contributed by atoms with E-state index in [9.17, 15) is 4.79 Å². The molecule has 1 saturated carbocycles. The van der Waals surface area contributed by atoms with Crippen molar-refractivity contribution in [2.45, 2.75) is 38.7 Å². The normalized spacial score (nSPS) is 20.4. The molecule has 0 aliphatic heterocycles. The number of nitrogens with zero attached hydrogens (tertiary/aromatic N) is 2. The van der Waals surface area contributed by atoms with Gasteiger partial charge in [-0.25, -0.2) is 4.68 Å². The van der Waals surface area contributed by atoms with Crippen LogP contribution in [0.3, 0.4) is 0 Å². The lowest BCUT2D eigenvalue weighted by molar-refractivity contribution is -0.00293. The molecule has 1 aromatic carbocycles. The lowest BCUT2D eigenvalue weighted by Gasteiger charge is -2.28. The van der Waals surface area contributed by atoms with E-state index in [1.165, 1.54) is 19.3 Å². The number of benzene rings is 1. The van der Waals surface area contributed by atoms with Crippen LogP contribution >= 0.6 is 15.9 Å². The van der Waals surface area contributed by atoms with Gasteiger partial charge in [0.25, 0.3) is 5.91 Å². The molecule has 1 heterocycles. The maximum absolute atomic E-state index is 12.2. The number of hydrogen-bond acceptors (Lipinski definition) is 3. The Hall–Kier alpha value is -1.66. The van der Waals surface area contributed by atoms with Crippen LogP contribution in [0.15, 0.2) is 41.1 Å². The number of carbonyl (C=O) groups excluding carboxylic acids is 1. The van der Waals surface area contributed by atoms with Crippen molar-refractivity contribution in [2.75, 3.05) is 13.2 Å². The standard InChI is InChI=1S/C19H24BrN3O2/c1-14-4-2-3-5-18(14)25-11-10-21-19(24)15-12-22-23(13-15)17-8-6-16(20)7-9-17/h6-9,12-14,18H,2-5,10-11H2,1H3,(H,21,24). The van der Waals surface area contributed by atoms with Crippen LogP contribution in [-0.2, 0) is 4.74 Å². The summed E-state index contributed by atoms with van der Waals surface area (Å²) in [7, 11) is 0. The lowest BCUT2D eigenvalue weighted by Crippen LogP contribution is -2.31. The summed E-state index contributed by atoms with van der Waals surface area (Å²) < 4.78 is 8.63. The number of rotatable bonds is 6. The first-order chi connectivity index (χ1) is 12.1. The zero-order valence-corrected chi connectivity index (χ0v) is 16.0. The summed E-state index contributed by atoms with van der Waals surface area (Å²) in [6.45, 7) is 3.33. The average Bonchev–Trinajstić information content (AvgIpc) is 3.11. The van der Waals surface area contributed by atoms with Crippen molar-refractivity contribution < 1.29 is 9.53 Å². The number of halogens is 1. The Kier molecular flexibility index (Phi) is 6.26. The molecule has 0 spiro atoms. The number of ether oxygens (including phenoxy) is 1. The molecule has 1 aliphatic rings. The number of nitrogens with one attached hydrogen (secondary N) is 1. The Morgan fingerprint density at radius 3 is 2.84 bits per heavy atom. The summed E-state index contributed by atoms with van der Waals surface area (Å²) in [4.78, 5) is 12.2. The SMILES string of the molecule is CC1CCCCC1OCCNC(=O)c1cnn(-c2ccc(Br)cc2)c1. The highest BCUT2D eigenvalue weighted by Crippen LogP contribution is 2.26. The Morgan fingerprint density at radius 2 is 2.08 bits per heavy atom. The molecule has 2 atom stereocenters. The maximum atomic E-state index is 12.2. The predicted octanol–water partition coefficient (Wildman–Crippen LogP) is 3.96. The molecule has 0 saturated heterocycles. The van der Waals surface area contributed by atoms with Gasteiger partial charge >= 0.3 is 0 Å². The molecule has 2 unspecified atom stereocenters. The van der Waals surface area contributed by atoms with Crippen LogP contribution in [0.4, 0.5) is 0 Å². The van der Waals surface area contributed by atoms with E-state index in [1.54, 1.807) is 17.1 Å². The molecular formula is C19H24BrN3O2. The van der Waals surface area contributed by atoms with Gasteiger partial charge in [-0.15, -0.1) is 0 Å². The minimum atomic E-state index is -0.122. The Balaban J connectivity index is 1.46. The summed E-state index contributed by atoms with van der Waals surface area (Å²) >= 11 is 3.41. The molecule has 5 nitrogen and oxygen atoms in total. The van der Waals surface area contributed by atoms with Crippen LogP contribution in [0, 0.1) is 5.92 Å². The first kappa shape index (κ1) is 18.1. The van der Waals surface area contributed by atoms with Crippen LogP contribution in [0.5, 0.6) is 0 Å². The molecule has 1 fully saturated rings. The fourth-order valence-electron chi connectivity index (χ4n) is 3.18. The van der Waals surface area contributed by atoms with Gasteiger partial charge in [0.2, 0.25) is 0 Å². The van der Waals surface area contributed by atoms with E-state index in [0.29, 0.717) is 30.7 Å². The van der Waals surface area contributed by atoms with Crippen molar-refractivity contribution in [2.24, 2.45) is 5.92 Å². The van der Waals surface area contributed by atoms with E-state index in [-0.39, 0.29) is 5.91 Å². The molecule has 0 radical (unpaired) electrons. The van der Waals surface area contributed by atoms with Crippen LogP contribution in [-0.4, -0.2) is 34.9 Å². The monoisotopic (exact) mass is 405 g/mol. The smallest absolute Gasteiger partial charge is 0.254 e. The van der Waals surface area contributed by atoms with Crippen LogP contribution in [0.2, 0.25) is 0 Å². The molecule has 2 aromatic rings. The average molecular weight is 406 g/mol. The lowest BCUT2D eigenvalue weighted by atomic mass is 9.88. The number of hydrogen-bond donors (Lipinski definition) is 1. The first-order valence-electron chi connectivity index (χ1n) is 8.84. The molecule has 1 aliphatic carbocycles. The van der Waals surface area contributed by atoms with Gasteiger partial charge in [0.15, 0.2) is 0 Å². The van der Waals surface area contributed by atoms with E-state index in [4.69, 9.17) is 4.74 Å². The van der Waals surface area contributed by atoms with E-state index in [1.807, 2.05) is 24.3 Å². The maximum Gasteiger partial charge on any atom is 0.254 e. The Morgan fingerprint density at radius 1 is 1.32 bits per heavy atom. The highest BCUT2D eigenvalue weighted by Gasteiger charge is 2.21. The fourth-order valence-corrected chi connectivity index (χ4v) is 3.45.